The van der Waals surface area contributed by atoms with Crippen LogP contribution in [0.1, 0.15) is 0 Å². The summed E-state index contributed by atoms with van der Waals surface area (Å²) in [4.78, 5) is -0.547. The van der Waals surface area contributed by atoms with Crippen LogP contribution >= 0.6 is 66.8 Å². The third-order valence-corrected chi connectivity index (χ3v) is 5.86. The van der Waals surface area contributed by atoms with Crippen molar-refractivity contribution in [2.75, 3.05) is 0 Å². The lowest BCUT2D eigenvalue weighted by atomic mass is 10.1. The summed E-state index contributed by atoms with van der Waals surface area (Å²) in [6.45, 7) is 0. The number of thioether (sulfide) groups is 1. The monoisotopic (exact) mass is 578 g/mol. The van der Waals surface area contributed by atoms with Crippen LogP contribution in [0.3, 0.4) is 0 Å². The van der Waals surface area contributed by atoms with Gasteiger partial charge >= 0.3 is 17.4 Å². The molecule has 2 aromatic rings. The Morgan fingerprint density at radius 3 is 1.96 bits per heavy atom. The van der Waals surface area contributed by atoms with Crippen LogP contribution in [0.25, 0.3) is 11.1 Å². The highest BCUT2D eigenvalue weighted by Gasteiger charge is 2.73. The quantitative estimate of drug-likeness (QED) is 0.257. The molecule has 2 rings (SSSR count). The molecule has 0 saturated heterocycles. The van der Waals surface area contributed by atoms with E-state index < -0.39 is 34.0 Å². The maximum atomic E-state index is 13.9. The van der Waals surface area contributed by atoms with Crippen molar-refractivity contribution in [3.63, 3.8) is 0 Å². The molecule has 0 bridgehead atoms. The number of alkyl halides is 7. The van der Waals surface area contributed by atoms with Gasteiger partial charge < -0.3 is 0 Å². The van der Waals surface area contributed by atoms with Gasteiger partial charge in [-0.3, -0.25) is 0 Å². The number of halogens is 11. The van der Waals surface area contributed by atoms with Crippen molar-refractivity contribution in [3.8, 4) is 11.1 Å². The van der Waals surface area contributed by atoms with Gasteiger partial charge in [0.05, 0.1) is 0 Å². The van der Waals surface area contributed by atoms with Crippen LogP contribution in [0.2, 0.25) is 10.0 Å². The molecule has 12 heteroatoms. The summed E-state index contributed by atoms with van der Waals surface area (Å²) in [5, 5.41) is -5.25. The fraction of sp³-hybridized carbons (Fsp3) is 0.200. The van der Waals surface area contributed by atoms with E-state index in [2.05, 4.69) is 31.9 Å². The van der Waals surface area contributed by atoms with Crippen LogP contribution in [0.5, 0.6) is 0 Å². The number of benzene rings is 2. The first-order valence-corrected chi connectivity index (χ1v) is 9.79. The molecule has 0 N–H and O–H groups in total. The fourth-order valence-electron chi connectivity index (χ4n) is 1.95. The van der Waals surface area contributed by atoms with Crippen LogP contribution in [0.4, 0.5) is 30.7 Å². The summed E-state index contributed by atoms with van der Waals surface area (Å²) < 4.78 is 92.0. The van der Waals surface area contributed by atoms with Gasteiger partial charge in [-0.15, -0.1) is 0 Å². The molecule has 0 aliphatic rings. The molecular formula is C15H5Br2Cl2F7S. The van der Waals surface area contributed by atoms with Gasteiger partial charge in [-0.1, -0.05) is 61.1 Å². The second kappa shape index (κ2) is 7.93. The Morgan fingerprint density at radius 1 is 0.852 bits per heavy atom. The molecule has 0 fully saturated rings. The Morgan fingerprint density at radius 2 is 1.44 bits per heavy atom. The van der Waals surface area contributed by atoms with E-state index in [0.29, 0.717) is 0 Å². The summed E-state index contributed by atoms with van der Waals surface area (Å²) in [7, 11) is 0. The zero-order valence-electron chi connectivity index (χ0n) is 12.5. The fourth-order valence-corrected chi connectivity index (χ4v) is 5.20. The molecule has 0 aromatic heterocycles. The highest BCUT2D eigenvalue weighted by Crippen LogP contribution is 2.56. The van der Waals surface area contributed by atoms with Crippen LogP contribution < -0.4 is 0 Å². The summed E-state index contributed by atoms with van der Waals surface area (Å²) >= 11 is 17.0. The Labute approximate surface area is 179 Å². The first-order chi connectivity index (χ1) is 12.2. The Bertz CT molecular complexity index is 872. The first-order valence-electron chi connectivity index (χ1n) is 6.63. The lowest BCUT2D eigenvalue weighted by Gasteiger charge is -2.28. The Hall–Kier alpha value is -0.160. The molecule has 0 aliphatic carbocycles. The highest BCUT2D eigenvalue weighted by atomic mass is 79.9. The molecule has 148 valence electrons. The lowest BCUT2D eigenvalue weighted by Crippen LogP contribution is -2.49. The molecule has 0 saturated carbocycles. The molecular weight excluding hydrogens is 576 g/mol. The Kier molecular flexibility index (Phi) is 6.79. The predicted octanol–water partition coefficient (Wildman–Crippen LogP) is 9.07. The average molecular weight is 581 g/mol. The second-order valence-corrected chi connectivity index (χ2v) is 8.85. The van der Waals surface area contributed by atoms with Crippen molar-refractivity contribution < 1.29 is 30.7 Å². The Balaban J connectivity index is 2.64. The summed E-state index contributed by atoms with van der Waals surface area (Å²) in [6.07, 6.45) is -6.43. The van der Waals surface area contributed by atoms with Gasteiger partial charge in [-0.2, -0.15) is 30.7 Å². The van der Waals surface area contributed by atoms with E-state index in [9.17, 15) is 30.7 Å². The SMILES string of the molecule is FC(F)(F)C(F)(F)C(F)(F)Sc1cc(Br)cc(Br)c1-c1ccc(Cl)cc1Cl. The van der Waals surface area contributed by atoms with Gasteiger partial charge in [0.15, 0.2) is 0 Å². The molecule has 0 spiro atoms. The summed E-state index contributed by atoms with van der Waals surface area (Å²) in [6, 6.07) is 6.39. The molecule has 0 atom stereocenters. The molecule has 0 aliphatic heterocycles. The van der Waals surface area contributed by atoms with Gasteiger partial charge in [0.2, 0.25) is 0 Å². The third kappa shape index (κ3) is 4.71. The van der Waals surface area contributed by atoms with E-state index in [4.69, 9.17) is 23.2 Å². The third-order valence-electron chi connectivity index (χ3n) is 3.18. The zero-order valence-corrected chi connectivity index (χ0v) is 18.0. The van der Waals surface area contributed by atoms with Crippen molar-refractivity contribution in [2.24, 2.45) is 0 Å². The van der Waals surface area contributed by atoms with Crippen molar-refractivity contribution in [2.45, 2.75) is 22.2 Å². The van der Waals surface area contributed by atoms with Crippen LogP contribution in [0, 0.1) is 0 Å². The molecule has 0 unspecified atom stereocenters. The molecule has 27 heavy (non-hydrogen) atoms. The van der Waals surface area contributed by atoms with E-state index in [-0.39, 0.29) is 30.1 Å². The van der Waals surface area contributed by atoms with E-state index >= 15 is 0 Å². The van der Waals surface area contributed by atoms with E-state index in [0.717, 1.165) is 6.07 Å². The van der Waals surface area contributed by atoms with Gasteiger partial charge in [0, 0.05) is 35.0 Å². The van der Waals surface area contributed by atoms with Crippen molar-refractivity contribution >= 4 is 66.8 Å². The topological polar surface area (TPSA) is 0 Å². The number of hydrogen-bond donors (Lipinski definition) is 0. The first kappa shape index (κ1) is 23.1. The van der Waals surface area contributed by atoms with Crippen LogP contribution in [0.15, 0.2) is 44.2 Å². The molecule has 0 radical (unpaired) electrons. The van der Waals surface area contributed by atoms with Crippen molar-refractivity contribution in [1.82, 2.24) is 0 Å². The maximum absolute atomic E-state index is 13.9. The summed E-state index contributed by atoms with van der Waals surface area (Å²) in [5.74, 6) is -6.25. The number of hydrogen-bond acceptors (Lipinski definition) is 1. The minimum Gasteiger partial charge on any atom is -0.188 e. The van der Waals surface area contributed by atoms with Crippen LogP contribution in [-0.2, 0) is 0 Å². The minimum atomic E-state index is -6.43. The number of rotatable bonds is 4. The lowest BCUT2D eigenvalue weighted by molar-refractivity contribution is -0.330. The largest absolute Gasteiger partial charge is 0.460 e. The van der Waals surface area contributed by atoms with Crippen molar-refractivity contribution in [3.05, 3.63) is 49.3 Å². The normalized spacial score (nSPS) is 13.1. The van der Waals surface area contributed by atoms with Crippen molar-refractivity contribution in [1.29, 1.82) is 0 Å². The average Bonchev–Trinajstić information content (AvgIpc) is 2.46. The molecule has 0 nitrogen and oxygen atoms in total. The molecule has 0 heterocycles. The smallest absolute Gasteiger partial charge is 0.188 e. The van der Waals surface area contributed by atoms with E-state index in [1.54, 1.807) is 0 Å². The second-order valence-electron chi connectivity index (χ2n) is 5.08. The minimum absolute atomic E-state index is 0.00160. The van der Waals surface area contributed by atoms with E-state index in [1.165, 1.54) is 24.3 Å². The maximum Gasteiger partial charge on any atom is 0.460 e. The molecule has 2 aromatic carbocycles. The predicted molar refractivity (Wildman–Crippen MR) is 99.1 cm³/mol. The van der Waals surface area contributed by atoms with Gasteiger partial charge in [-0.05, 0) is 36.0 Å². The standard InChI is InChI=1S/C15H5Br2Cl2F7S/c16-6-3-9(17)12(8-2-1-7(18)5-10(8)19)11(4-6)27-15(25,26)13(20,21)14(22,23)24/h1-5H. The van der Waals surface area contributed by atoms with E-state index in [1.807, 2.05) is 0 Å². The van der Waals surface area contributed by atoms with Gasteiger partial charge in [-0.25, -0.2) is 0 Å². The van der Waals surface area contributed by atoms with Gasteiger partial charge in [0.25, 0.3) is 0 Å². The van der Waals surface area contributed by atoms with Crippen LogP contribution in [-0.4, -0.2) is 17.4 Å². The zero-order chi connectivity index (χ0) is 20.8. The highest BCUT2D eigenvalue weighted by molar-refractivity contribution is 9.11. The van der Waals surface area contributed by atoms with Gasteiger partial charge in [0.1, 0.15) is 0 Å². The molecule has 0 amide bonds. The summed E-state index contributed by atoms with van der Waals surface area (Å²) in [5.41, 5.74) is 0.0385.